The summed E-state index contributed by atoms with van der Waals surface area (Å²) in [6.07, 6.45) is 0.653. The fraction of sp³-hybridized carbons (Fsp3) is 0.400. The Morgan fingerprint density at radius 2 is 2.05 bits per heavy atom. The van der Waals surface area contributed by atoms with Crippen LogP contribution < -0.4 is 5.32 Å². The number of aliphatic hydroxyl groups is 1. The zero-order chi connectivity index (χ0) is 14.9. The van der Waals surface area contributed by atoms with Crippen molar-refractivity contribution >= 4 is 17.7 Å². The molecule has 0 radical (unpaired) electrons. The van der Waals surface area contributed by atoms with Crippen molar-refractivity contribution < 1.29 is 15.0 Å². The van der Waals surface area contributed by atoms with Crippen LogP contribution in [0.4, 0.5) is 0 Å². The summed E-state index contributed by atoms with van der Waals surface area (Å²) < 4.78 is 0. The highest BCUT2D eigenvalue weighted by Gasteiger charge is 2.30. The van der Waals surface area contributed by atoms with Crippen molar-refractivity contribution in [3.8, 4) is 5.75 Å². The molecule has 0 bridgehead atoms. The number of aliphatic hydroxyl groups excluding tert-OH is 1. The lowest BCUT2D eigenvalue weighted by atomic mass is 9.84. The summed E-state index contributed by atoms with van der Waals surface area (Å²) in [5, 5.41) is 24.1. The van der Waals surface area contributed by atoms with E-state index in [4.69, 9.17) is 0 Å². The van der Waals surface area contributed by atoms with E-state index in [1.54, 1.807) is 29.8 Å². The van der Waals surface area contributed by atoms with Gasteiger partial charge in [-0.1, -0.05) is 26.8 Å². The van der Waals surface area contributed by atoms with Gasteiger partial charge in [0.05, 0.1) is 0 Å². The van der Waals surface area contributed by atoms with Gasteiger partial charge in [0.2, 0.25) is 5.91 Å². The van der Waals surface area contributed by atoms with Gasteiger partial charge in [-0.2, -0.15) is 0 Å². The Kier molecular flexibility index (Phi) is 4.11. The van der Waals surface area contributed by atoms with Crippen LogP contribution in [-0.2, 0) is 10.2 Å². The molecule has 0 saturated heterocycles. The highest BCUT2D eigenvalue weighted by atomic mass is 32.2. The second-order valence-electron chi connectivity index (χ2n) is 5.84. The summed E-state index contributed by atoms with van der Waals surface area (Å²) in [5.74, 6) is -0.00974. The number of carbonyl (C=O) groups excluding carboxylic acids is 1. The Labute approximate surface area is 122 Å². The molecule has 1 aromatic carbocycles. The largest absolute Gasteiger partial charge is 0.508 e. The maximum Gasteiger partial charge on any atom is 0.240 e. The van der Waals surface area contributed by atoms with Gasteiger partial charge in [0.1, 0.15) is 17.1 Å². The van der Waals surface area contributed by atoms with E-state index in [0.717, 1.165) is 5.56 Å². The Morgan fingerprint density at radius 1 is 1.35 bits per heavy atom. The maximum atomic E-state index is 11.8. The van der Waals surface area contributed by atoms with Crippen LogP contribution in [0.1, 0.15) is 38.0 Å². The molecule has 20 heavy (non-hydrogen) atoms. The molecule has 1 aliphatic heterocycles. The van der Waals surface area contributed by atoms with Gasteiger partial charge in [0.25, 0.3) is 0 Å². The van der Waals surface area contributed by atoms with E-state index < -0.39 is 11.4 Å². The molecule has 1 amide bonds. The summed E-state index contributed by atoms with van der Waals surface area (Å²) in [4.78, 5) is 11.8. The second-order valence-corrected chi connectivity index (χ2v) is 6.89. The second kappa shape index (κ2) is 5.50. The van der Waals surface area contributed by atoms with Crippen LogP contribution in [0.3, 0.4) is 0 Å². The van der Waals surface area contributed by atoms with Gasteiger partial charge in [-0.15, -0.1) is 11.8 Å². The van der Waals surface area contributed by atoms with E-state index in [9.17, 15) is 15.0 Å². The van der Waals surface area contributed by atoms with Crippen molar-refractivity contribution in [1.29, 1.82) is 0 Å². The number of amides is 1. The number of phenols is 1. The highest BCUT2D eigenvalue weighted by molar-refractivity contribution is 8.03. The first-order valence-corrected chi connectivity index (χ1v) is 7.37. The molecule has 5 heteroatoms. The molecule has 0 saturated carbocycles. The summed E-state index contributed by atoms with van der Waals surface area (Å²) in [5.41, 5.74) is 1.16. The minimum atomic E-state index is -0.911. The van der Waals surface area contributed by atoms with E-state index >= 15 is 0 Å². The zero-order valence-corrected chi connectivity index (χ0v) is 12.6. The molecule has 2 unspecified atom stereocenters. The molecule has 1 aromatic rings. The van der Waals surface area contributed by atoms with Crippen LogP contribution >= 0.6 is 11.8 Å². The number of aromatic hydroxyl groups is 1. The highest BCUT2D eigenvalue weighted by Crippen LogP contribution is 2.35. The van der Waals surface area contributed by atoms with Crippen LogP contribution in [0.15, 0.2) is 29.8 Å². The van der Waals surface area contributed by atoms with Crippen molar-refractivity contribution in [2.75, 3.05) is 0 Å². The Hall–Kier alpha value is -1.46. The molecule has 108 valence electrons. The molecule has 0 aliphatic carbocycles. The van der Waals surface area contributed by atoms with Gasteiger partial charge in [0.15, 0.2) is 0 Å². The average molecular weight is 293 g/mol. The Balaban J connectivity index is 2.33. The molecule has 2 rings (SSSR count). The third-order valence-electron chi connectivity index (χ3n) is 3.23. The lowest BCUT2D eigenvalue weighted by Gasteiger charge is -2.25. The maximum absolute atomic E-state index is 11.8. The first-order valence-electron chi connectivity index (χ1n) is 6.43. The fourth-order valence-corrected chi connectivity index (χ4v) is 2.93. The first-order chi connectivity index (χ1) is 9.30. The van der Waals surface area contributed by atoms with Gasteiger partial charge in [-0.05, 0) is 34.1 Å². The van der Waals surface area contributed by atoms with E-state index in [2.05, 4.69) is 5.32 Å². The third kappa shape index (κ3) is 2.99. The van der Waals surface area contributed by atoms with Gasteiger partial charge in [-0.3, -0.25) is 4.79 Å². The lowest BCUT2D eigenvalue weighted by Crippen LogP contribution is -2.35. The number of thioether (sulfide) groups is 1. The van der Waals surface area contributed by atoms with Crippen LogP contribution in [0, 0.1) is 0 Å². The van der Waals surface area contributed by atoms with Crippen LogP contribution in [-0.4, -0.2) is 21.4 Å². The van der Waals surface area contributed by atoms with Crippen molar-refractivity contribution in [3.05, 3.63) is 40.9 Å². The minimum absolute atomic E-state index is 0.203. The minimum Gasteiger partial charge on any atom is -0.508 e. The van der Waals surface area contributed by atoms with Gasteiger partial charge >= 0.3 is 0 Å². The van der Waals surface area contributed by atoms with Crippen molar-refractivity contribution in [1.82, 2.24) is 5.32 Å². The molecular weight excluding hydrogens is 274 g/mol. The summed E-state index contributed by atoms with van der Waals surface area (Å²) in [7, 11) is 0. The van der Waals surface area contributed by atoms with Crippen LogP contribution in [0.5, 0.6) is 5.75 Å². The summed E-state index contributed by atoms with van der Waals surface area (Å²) >= 11 is 1.29. The standard InChI is InChI=1S/C15H19NO3S/c1-15(2,3)10-8-9(4-5-11(10)17)12(18)13-14(19)16-6-7-20-13/h4-8,12-13,17-18H,1-3H3,(H,16,19). The summed E-state index contributed by atoms with van der Waals surface area (Å²) in [6.45, 7) is 5.97. The van der Waals surface area contributed by atoms with Gasteiger partial charge in [-0.25, -0.2) is 0 Å². The normalized spacial score (nSPS) is 20.6. The number of rotatable bonds is 2. The van der Waals surface area contributed by atoms with E-state index in [1.807, 2.05) is 20.8 Å². The SMILES string of the molecule is CC(C)(C)c1cc(C(O)C2SC=CNC2=O)ccc1O. The molecule has 0 spiro atoms. The van der Waals surface area contributed by atoms with Crippen LogP contribution in [0.25, 0.3) is 0 Å². The average Bonchev–Trinajstić information content (AvgIpc) is 2.37. The van der Waals surface area contributed by atoms with Crippen molar-refractivity contribution in [3.63, 3.8) is 0 Å². The number of phenolic OH excluding ortho intramolecular Hbond substituents is 1. The summed E-state index contributed by atoms with van der Waals surface area (Å²) in [6, 6.07) is 4.99. The third-order valence-corrected chi connectivity index (χ3v) is 4.29. The number of nitrogens with one attached hydrogen (secondary N) is 1. The predicted molar refractivity (Wildman–Crippen MR) is 80.4 cm³/mol. The number of hydrogen-bond donors (Lipinski definition) is 3. The van der Waals surface area contributed by atoms with Crippen molar-refractivity contribution in [2.24, 2.45) is 0 Å². The van der Waals surface area contributed by atoms with Crippen molar-refractivity contribution in [2.45, 2.75) is 37.5 Å². The quantitative estimate of drug-likeness (QED) is 0.783. The lowest BCUT2D eigenvalue weighted by molar-refractivity contribution is -0.121. The number of benzene rings is 1. The molecule has 0 fully saturated rings. The van der Waals surface area contributed by atoms with Crippen LogP contribution in [0.2, 0.25) is 0 Å². The fourth-order valence-electron chi connectivity index (χ4n) is 2.11. The molecule has 4 nitrogen and oxygen atoms in total. The topological polar surface area (TPSA) is 69.6 Å². The number of hydrogen-bond acceptors (Lipinski definition) is 4. The smallest absolute Gasteiger partial charge is 0.240 e. The zero-order valence-electron chi connectivity index (χ0n) is 11.8. The number of carbonyl (C=O) groups is 1. The van der Waals surface area contributed by atoms with E-state index in [1.165, 1.54) is 11.8 Å². The molecule has 1 heterocycles. The molecule has 3 N–H and O–H groups in total. The Bertz CT molecular complexity index is 549. The van der Waals surface area contributed by atoms with Gasteiger partial charge < -0.3 is 15.5 Å². The van der Waals surface area contributed by atoms with E-state index in [0.29, 0.717) is 5.56 Å². The Morgan fingerprint density at radius 3 is 2.65 bits per heavy atom. The monoisotopic (exact) mass is 293 g/mol. The van der Waals surface area contributed by atoms with Gasteiger partial charge in [0, 0.05) is 6.20 Å². The first kappa shape index (κ1) is 14.9. The molecular formula is C15H19NO3S. The van der Waals surface area contributed by atoms with E-state index in [-0.39, 0.29) is 17.1 Å². The molecule has 0 aromatic heterocycles. The molecule has 2 atom stereocenters. The molecule has 1 aliphatic rings. The predicted octanol–water partition coefficient (Wildman–Crippen LogP) is 2.43.